The van der Waals surface area contributed by atoms with Crippen molar-refractivity contribution in [3.8, 4) is 0 Å². The van der Waals surface area contributed by atoms with Crippen LogP contribution in [0.4, 0.5) is 4.79 Å². The molecule has 0 spiro atoms. The molecule has 2 aliphatic rings. The Balaban J connectivity index is 1.85. The summed E-state index contributed by atoms with van der Waals surface area (Å²) in [6.45, 7) is 2.79. The van der Waals surface area contributed by atoms with Crippen LogP contribution in [0.3, 0.4) is 0 Å². The van der Waals surface area contributed by atoms with Gasteiger partial charge in [0.1, 0.15) is 0 Å². The van der Waals surface area contributed by atoms with Gasteiger partial charge >= 0.3 is 12.0 Å². The van der Waals surface area contributed by atoms with E-state index in [1.807, 2.05) is 6.92 Å². The second-order valence-corrected chi connectivity index (χ2v) is 5.96. The summed E-state index contributed by atoms with van der Waals surface area (Å²) in [4.78, 5) is 24.9. The van der Waals surface area contributed by atoms with E-state index in [4.69, 9.17) is 5.11 Å². The number of rotatable bonds is 2. The van der Waals surface area contributed by atoms with Crippen molar-refractivity contribution in [2.24, 2.45) is 11.8 Å². The van der Waals surface area contributed by atoms with Crippen LogP contribution in [0, 0.1) is 11.8 Å². The fourth-order valence-electron chi connectivity index (χ4n) is 3.14. The van der Waals surface area contributed by atoms with Gasteiger partial charge in [0, 0.05) is 19.1 Å². The van der Waals surface area contributed by atoms with Crippen LogP contribution in [-0.2, 0) is 4.79 Å². The second-order valence-electron chi connectivity index (χ2n) is 5.96. The normalized spacial score (nSPS) is 29.0. The molecule has 2 N–H and O–H groups in total. The molecule has 1 aliphatic carbocycles. The van der Waals surface area contributed by atoms with E-state index in [2.05, 4.69) is 5.32 Å². The molecular weight excluding hydrogens is 244 g/mol. The molecule has 2 unspecified atom stereocenters. The van der Waals surface area contributed by atoms with E-state index >= 15 is 0 Å². The fourth-order valence-corrected chi connectivity index (χ4v) is 3.14. The van der Waals surface area contributed by atoms with Gasteiger partial charge in [-0.05, 0) is 18.8 Å². The number of carboxylic acid groups (broad SMARTS) is 1. The molecule has 1 aliphatic heterocycles. The van der Waals surface area contributed by atoms with E-state index in [-0.39, 0.29) is 18.0 Å². The van der Waals surface area contributed by atoms with Gasteiger partial charge in [-0.25, -0.2) is 4.79 Å². The first-order chi connectivity index (χ1) is 9.08. The van der Waals surface area contributed by atoms with Crippen molar-refractivity contribution >= 4 is 12.0 Å². The van der Waals surface area contributed by atoms with E-state index in [0.717, 1.165) is 12.8 Å². The number of likely N-dealkylation sites (tertiary alicyclic amines) is 1. The Kier molecular flexibility index (Phi) is 4.66. The molecule has 0 aromatic carbocycles. The smallest absolute Gasteiger partial charge is 0.317 e. The number of carboxylic acids is 1. The molecular formula is C14H24N2O3. The van der Waals surface area contributed by atoms with Crippen LogP contribution in [0.15, 0.2) is 0 Å². The summed E-state index contributed by atoms with van der Waals surface area (Å²) in [5.74, 6) is -1.17. The van der Waals surface area contributed by atoms with E-state index in [9.17, 15) is 9.59 Å². The van der Waals surface area contributed by atoms with Crippen molar-refractivity contribution < 1.29 is 14.7 Å². The zero-order valence-electron chi connectivity index (χ0n) is 11.6. The van der Waals surface area contributed by atoms with Crippen molar-refractivity contribution in [2.45, 2.75) is 51.5 Å². The molecule has 0 aromatic heterocycles. The maximum atomic E-state index is 12.2. The first-order valence-corrected chi connectivity index (χ1v) is 7.36. The molecule has 2 rings (SSSR count). The van der Waals surface area contributed by atoms with Gasteiger partial charge in [0.25, 0.3) is 0 Å². The number of aliphatic carboxylic acids is 1. The number of nitrogens with one attached hydrogen (secondary N) is 1. The molecule has 2 amide bonds. The summed E-state index contributed by atoms with van der Waals surface area (Å²) in [6, 6.07) is 0.191. The third-order valence-electron chi connectivity index (χ3n) is 4.40. The molecule has 0 bridgehead atoms. The highest BCUT2D eigenvalue weighted by atomic mass is 16.4. The van der Waals surface area contributed by atoms with Gasteiger partial charge in [0.2, 0.25) is 0 Å². The summed E-state index contributed by atoms with van der Waals surface area (Å²) in [5.41, 5.74) is 0. The van der Waals surface area contributed by atoms with Gasteiger partial charge < -0.3 is 15.3 Å². The van der Waals surface area contributed by atoms with Crippen molar-refractivity contribution in [3.05, 3.63) is 0 Å². The lowest BCUT2D eigenvalue weighted by atomic mass is 9.99. The number of hydrogen-bond donors (Lipinski definition) is 2. The second kappa shape index (κ2) is 6.26. The van der Waals surface area contributed by atoms with Gasteiger partial charge in [-0.1, -0.05) is 32.6 Å². The third kappa shape index (κ3) is 3.61. The monoisotopic (exact) mass is 268 g/mol. The van der Waals surface area contributed by atoms with Crippen LogP contribution >= 0.6 is 0 Å². The highest BCUT2D eigenvalue weighted by molar-refractivity contribution is 5.77. The summed E-state index contributed by atoms with van der Waals surface area (Å²) in [6.07, 6.45) is 6.98. The Hall–Kier alpha value is -1.26. The van der Waals surface area contributed by atoms with Crippen LogP contribution in [0.1, 0.15) is 45.4 Å². The minimum Gasteiger partial charge on any atom is -0.481 e. The molecule has 2 fully saturated rings. The third-order valence-corrected chi connectivity index (χ3v) is 4.40. The Morgan fingerprint density at radius 1 is 1.11 bits per heavy atom. The van der Waals surface area contributed by atoms with Crippen LogP contribution in [0.25, 0.3) is 0 Å². The molecule has 0 radical (unpaired) electrons. The largest absolute Gasteiger partial charge is 0.481 e. The number of nitrogens with zero attached hydrogens (tertiary/aromatic N) is 1. The first kappa shape index (κ1) is 14.2. The molecule has 19 heavy (non-hydrogen) atoms. The van der Waals surface area contributed by atoms with E-state index < -0.39 is 11.9 Å². The summed E-state index contributed by atoms with van der Waals surface area (Å²) >= 11 is 0. The average molecular weight is 268 g/mol. The number of hydrogen-bond acceptors (Lipinski definition) is 2. The molecule has 5 nitrogen and oxygen atoms in total. The molecule has 1 saturated carbocycles. The van der Waals surface area contributed by atoms with Gasteiger partial charge in [-0.15, -0.1) is 0 Å². The van der Waals surface area contributed by atoms with Crippen molar-refractivity contribution in [3.63, 3.8) is 0 Å². The molecule has 1 saturated heterocycles. The SMILES string of the molecule is CC1CN(C(=O)NC2CCCCCC2)CC1C(=O)O. The van der Waals surface area contributed by atoms with Crippen molar-refractivity contribution in [1.29, 1.82) is 0 Å². The van der Waals surface area contributed by atoms with Crippen molar-refractivity contribution in [1.82, 2.24) is 10.2 Å². The topological polar surface area (TPSA) is 69.6 Å². The zero-order chi connectivity index (χ0) is 13.8. The van der Waals surface area contributed by atoms with Gasteiger partial charge in [0.15, 0.2) is 0 Å². The Bertz CT molecular complexity index is 338. The maximum Gasteiger partial charge on any atom is 0.317 e. The fraction of sp³-hybridized carbons (Fsp3) is 0.857. The van der Waals surface area contributed by atoms with Crippen molar-refractivity contribution in [2.75, 3.05) is 13.1 Å². The molecule has 108 valence electrons. The Morgan fingerprint density at radius 3 is 2.26 bits per heavy atom. The van der Waals surface area contributed by atoms with E-state index in [1.165, 1.54) is 25.7 Å². The maximum absolute atomic E-state index is 12.2. The first-order valence-electron chi connectivity index (χ1n) is 7.36. The predicted molar refractivity (Wildman–Crippen MR) is 71.9 cm³/mol. The van der Waals surface area contributed by atoms with Crippen LogP contribution in [0.5, 0.6) is 0 Å². The highest BCUT2D eigenvalue weighted by Crippen LogP contribution is 2.24. The zero-order valence-corrected chi connectivity index (χ0v) is 11.6. The molecule has 1 heterocycles. The lowest BCUT2D eigenvalue weighted by Gasteiger charge is -2.22. The van der Waals surface area contributed by atoms with Crippen LogP contribution in [0.2, 0.25) is 0 Å². The summed E-state index contributed by atoms with van der Waals surface area (Å²) in [7, 11) is 0. The number of amides is 2. The quantitative estimate of drug-likeness (QED) is 0.753. The van der Waals surface area contributed by atoms with E-state index in [0.29, 0.717) is 13.1 Å². The minimum absolute atomic E-state index is 0.0392. The number of carbonyl (C=O) groups excluding carboxylic acids is 1. The lowest BCUT2D eigenvalue weighted by Crippen LogP contribution is -2.44. The summed E-state index contributed by atoms with van der Waals surface area (Å²) in [5, 5.41) is 12.2. The predicted octanol–water partition coefficient (Wildman–Crippen LogP) is 2.07. The van der Waals surface area contributed by atoms with E-state index in [1.54, 1.807) is 4.90 Å². The molecule has 5 heteroatoms. The van der Waals surface area contributed by atoms with Gasteiger partial charge in [-0.3, -0.25) is 4.79 Å². The highest BCUT2D eigenvalue weighted by Gasteiger charge is 2.37. The Morgan fingerprint density at radius 2 is 1.74 bits per heavy atom. The van der Waals surface area contributed by atoms with Crippen LogP contribution in [-0.4, -0.2) is 41.1 Å². The standard InChI is InChI=1S/C14H24N2O3/c1-10-8-16(9-12(10)13(17)18)14(19)15-11-6-4-2-3-5-7-11/h10-12H,2-9H2,1H3,(H,15,19)(H,17,18). The summed E-state index contributed by atoms with van der Waals surface area (Å²) < 4.78 is 0. The molecule has 0 aromatic rings. The van der Waals surface area contributed by atoms with Crippen LogP contribution < -0.4 is 5.32 Å². The van der Waals surface area contributed by atoms with Gasteiger partial charge in [-0.2, -0.15) is 0 Å². The number of carbonyl (C=O) groups is 2. The average Bonchev–Trinajstić information content (AvgIpc) is 2.58. The lowest BCUT2D eigenvalue weighted by molar-refractivity contribution is -0.142. The minimum atomic E-state index is -0.794. The number of urea groups is 1. The molecule has 2 atom stereocenters. The Labute approximate surface area is 114 Å². The van der Waals surface area contributed by atoms with Gasteiger partial charge in [0.05, 0.1) is 5.92 Å².